The average molecular weight is 310 g/mol. The van der Waals surface area contributed by atoms with Crippen molar-refractivity contribution in [3.8, 4) is 0 Å². The quantitative estimate of drug-likeness (QED) is 0.865. The van der Waals surface area contributed by atoms with E-state index in [1.54, 1.807) is 24.1 Å². The Labute approximate surface area is 130 Å². The zero-order valence-electron chi connectivity index (χ0n) is 13.0. The first-order valence-corrected chi connectivity index (χ1v) is 7.47. The summed E-state index contributed by atoms with van der Waals surface area (Å²) in [5, 5.41) is 8.80. The largest absolute Gasteiger partial charge is 0.480 e. The molecule has 1 fully saturated rings. The SMILES string of the molecule is CC(c1ccccc1F)N1CCOC(CN(C)CC(=O)O)C1. The molecule has 0 bridgehead atoms. The summed E-state index contributed by atoms with van der Waals surface area (Å²) in [5.74, 6) is -1.05. The summed E-state index contributed by atoms with van der Waals surface area (Å²) in [5.41, 5.74) is 0.682. The van der Waals surface area contributed by atoms with E-state index in [4.69, 9.17) is 9.84 Å². The summed E-state index contributed by atoms with van der Waals surface area (Å²) in [6.45, 7) is 4.51. The molecule has 1 aromatic carbocycles. The van der Waals surface area contributed by atoms with E-state index in [2.05, 4.69) is 4.90 Å². The summed E-state index contributed by atoms with van der Waals surface area (Å²) < 4.78 is 19.6. The lowest BCUT2D eigenvalue weighted by molar-refractivity contribution is -0.138. The van der Waals surface area contributed by atoms with Gasteiger partial charge in [-0.3, -0.25) is 14.6 Å². The molecule has 122 valence electrons. The zero-order chi connectivity index (χ0) is 16.1. The first-order valence-electron chi connectivity index (χ1n) is 7.47. The van der Waals surface area contributed by atoms with Crippen LogP contribution in [0, 0.1) is 5.82 Å². The maximum absolute atomic E-state index is 13.9. The van der Waals surface area contributed by atoms with Gasteiger partial charge in [-0.25, -0.2) is 4.39 Å². The van der Waals surface area contributed by atoms with Gasteiger partial charge in [-0.2, -0.15) is 0 Å². The molecule has 1 N–H and O–H groups in total. The number of aliphatic carboxylic acids is 1. The van der Waals surface area contributed by atoms with Crippen molar-refractivity contribution in [3.05, 3.63) is 35.6 Å². The Morgan fingerprint density at radius 3 is 2.95 bits per heavy atom. The predicted molar refractivity (Wildman–Crippen MR) is 81.3 cm³/mol. The standard InChI is InChI=1S/C16H23FN2O3/c1-12(14-5-3-4-6-15(14)17)19-7-8-22-13(10-19)9-18(2)11-16(20)21/h3-6,12-13H,7-11H2,1-2H3,(H,20,21). The van der Waals surface area contributed by atoms with Gasteiger partial charge in [0.05, 0.1) is 19.3 Å². The van der Waals surface area contributed by atoms with Crippen LogP contribution in [-0.4, -0.2) is 66.8 Å². The lowest BCUT2D eigenvalue weighted by Crippen LogP contribution is -2.48. The molecular formula is C16H23FN2O3. The number of benzene rings is 1. The Hall–Kier alpha value is -1.50. The fourth-order valence-corrected chi connectivity index (χ4v) is 2.86. The van der Waals surface area contributed by atoms with Crippen LogP contribution < -0.4 is 0 Å². The third kappa shape index (κ3) is 4.50. The molecule has 0 saturated carbocycles. The van der Waals surface area contributed by atoms with Gasteiger partial charge in [-0.1, -0.05) is 18.2 Å². The molecule has 6 heteroatoms. The molecule has 22 heavy (non-hydrogen) atoms. The molecule has 0 spiro atoms. The number of carboxylic acids is 1. The second-order valence-corrected chi connectivity index (χ2v) is 5.78. The molecule has 2 atom stereocenters. The van der Waals surface area contributed by atoms with Crippen LogP contribution in [0.3, 0.4) is 0 Å². The minimum atomic E-state index is -0.852. The topological polar surface area (TPSA) is 53.0 Å². The van der Waals surface area contributed by atoms with Crippen molar-refractivity contribution in [1.29, 1.82) is 0 Å². The Morgan fingerprint density at radius 2 is 2.27 bits per heavy atom. The van der Waals surface area contributed by atoms with Crippen LogP contribution in [0.1, 0.15) is 18.5 Å². The molecule has 2 rings (SSSR count). The van der Waals surface area contributed by atoms with E-state index < -0.39 is 5.97 Å². The van der Waals surface area contributed by atoms with Gasteiger partial charge in [0.15, 0.2) is 0 Å². The van der Waals surface area contributed by atoms with Crippen LogP contribution in [0.25, 0.3) is 0 Å². The number of hydrogen-bond acceptors (Lipinski definition) is 4. The maximum Gasteiger partial charge on any atom is 0.317 e. The normalized spacial score (nSPS) is 21.0. The van der Waals surface area contributed by atoms with Crippen LogP contribution in [0.4, 0.5) is 4.39 Å². The van der Waals surface area contributed by atoms with Crippen LogP contribution in [0.2, 0.25) is 0 Å². The van der Waals surface area contributed by atoms with Crippen molar-refractivity contribution in [2.24, 2.45) is 0 Å². The lowest BCUT2D eigenvalue weighted by Gasteiger charge is -2.38. The maximum atomic E-state index is 13.9. The predicted octanol–water partition coefficient (Wildman–Crippen LogP) is 1.60. The zero-order valence-corrected chi connectivity index (χ0v) is 13.0. The Bertz CT molecular complexity index is 512. The number of halogens is 1. The van der Waals surface area contributed by atoms with Gasteiger partial charge in [0.25, 0.3) is 0 Å². The summed E-state index contributed by atoms with van der Waals surface area (Å²) in [7, 11) is 1.76. The van der Waals surface area contributed by atoms with E-state index in [0.29, 0.717) is 25.3 Å². The number of hydrogen-bond donors (Lipinski definition) is 1. The fraction of sp³-hybridized carbons (Fsp3) is 0.562. The average Bonchev–Trinajstić information content (AvgIpc) is 2.46. The van der Waals surface area contributed by atoms with E-state index in [1.807, 2.05) is 13.0 Å². The van der Waals surface area contributed by atoms with Crippen molar-refractivity contribution < 1.29 is 19.0 Å². The van der Waals surface area contributed by atoms with Gasteiger partial charge in [0.2, 0.25) is 0 Å². The van der Waals surface area contributed by atoms with Gasteiger partial charge in [-0.15, -0.1) is 0 Å². The van der Waals surface area contributed by atoms with Crippen molar-refractivity contribution >= 4 is 5.97 Å². The van der Waals surface area contributed by atoms with Crippen LogP contribution in [-0.2, 0) is 9.53 Å². The molecule has 1 heterocycles. The Morgan fingerprint density at radius 1 is 1.55 bits per heavy atom. The molecule has 0 amide bonds. The highest BCUT2D eigenvalue weighted by Crippen LogP contribution is 2.24. The summed E-state index contributed by atoms with van der Waals surface area (Å²) in [6.07, 6.45) is -0.0627. The Balaban J connectivity index is 1.95. The van der Waals surface area contributed by atoms with Gasteiger partial charge in [0, 0.05) is 31.2 Å². The third-order valence-electron chi connectivity index (χ3n) is 3.99. The highest BCUT2D eigenvalue weighted by Gasteiger charge is 2.27. The first kappa shape index (κ1) is 16.9. The second-order valence-electron chi connectivity index (χ2n) is 5.78. The highest BCUT2D eigenvalue weighted by molar-refractivity contribution is 5.69. The van der Waals surface area contributed by atoms with Crippen LogP contribution in [0.15, 0.2) is 24.3 Å². The highest BCUT2D eigenvalue weighted by atomic mass is 19.1. The van der Waals surface area contributed by atoms with Gasteiger partial charge < -0.3 is 9.84 Å². The van der Waals surface area contributed by atoms with Crippen LogP contribution in [0.5, 0.6) is 0 Å². The third-order valence-corrected chi connectivity index (χ3v) is 3.99. The number of carbonyl (C=O) groups is 1. The van der Waals surface area contributed by atoms with Crippen molar-refractivity contribution in [3.63, 3.8) is 0 Å². The summed E-state index contributed by atoms with van der Waals surface area (Å²) in [6, 6.07) is 6.78. The van der Waals surface area contributed by atoms with E-state index in [-0.39, 0.29) is 24.5 Å². The number of nitrogens with zero attached hydrogens (tertiary/aromatic N) is 2. The lowest BCUT2D eigenvalue weighted by atomic mass is 10.1. The number of carboxylic acid groups (broad SMARTS) is 1. The number of morpholine rings is 1. The first-order chi connectivity index (χ1) is 10.5. The molecule has 1 saturated heterocycles. The molecule has 2 unspecified atom stereocenters. The summed E-state index contributed by atoms with van der Waals surface area (Å²) in [4.78, 5) is 14.6. The second kappa shape index (κ2) is 7.67. The number of rotatable bonds is 6. The van der Waals surface area contributed by atoms with E-state index >= 15 is 0 Å². The van der Waals surface area contributed by atoms with Crippen molar-refractivity contribution in [2.75, 3.05) is 39.8 Å². The smallest absolute Gasteiger partial charge is 0.317 e. The molecule has 1 aliphatic rings. The molecule has 5 nitrogen and oxygen atoms in total. The molecule has 0 aliphatic carbocycles. The van der Waals surface area contributed by atoms with Gasteiger partial charge in [-0.05, 0) is 20.0 Å². The van der Waals surface area contributed by atoms with Crippen molar-refractivity contribution in [2.45, 2.75) is 19.1 Å². The minimum absolute atomic E-state index is 0.0112. The molecule has 1 aromatic rings. The summed E-state index contributed by atoms with van der Waals surface area (Å²) >= 11 is 0. The molecule has 0 aromatic heterocycles. The van der Waals surface area contributed by atoms with Crippen molar-refractivity contribution in [1.82, 2.24) is 9.80 Å². The fourth-order valence-electron chi connectivity index (χ4n) is 2.86. The molecule has 1 aliphatic heterocycles. The van der Waals surface area contributed by atoms with Gasteiger partial charge >= 0.3 is 5.97 Å². The number of likely N-dealkylation sites (N-methyl/N-ethyl adjacent to an activating group) is 1. The van der Waals surface area contributed by atoms with Gasteiger partial charge in [0.1, 0.15) is 5.82 Å². The monoisotopic (exact) mass is 310 g/mol. The van der Waals surface area contributed by atoms with E-state index in [9.17, 15) is 9.18 Å². The minimum Gasteiger partial charge on any atom is -0.480 e. The molecule has 0 radical (unpaired) electrons. The van der Waals surface area contributed by atoms with E-state index in [1.165, 1.54) is 6.07 Å². The number of ether oxygens (including phenoxy) is 1. The van der Waals surface area contributed by atoms with Crippen LogP contribution >= 0.6 is 0 Å². The van der Waals surface area contributed by atoms with E-state index in [0.717, 1.165) is 6.54 Å². The Kier molecular flexibility index (Phi) is 5.88. The molecular weight excluding hydrogens is 287 g/mol.